The summed E-state index contributed by atoms with van der Waals surface area (Å²) in [7, 11) is -1.46. The van der Waals surface area contributed by atoms with Crippen molar-refractivity contribution in [2.24, 2.45) is 0 Å². The predicted octanol–water partition coefficient (Wildman–Crippen LogP) is 2.52. The molecule has 0 saturated carbocycles. The Labute approximate surface area is 133 Å². The van der Waals surface area contributed by atoms with E-state index in [-0.39, 0.29) is 5.75 Å². The lowest BCUT2D eigenvalue weighted by molar-refractivity contribution is 0.188. The number of rotatable bonds is 5. The molecule has 2 aromatic rings. The molecule has 1 unspecified atom stereocenters. The van der Waals surface area contributed by atoms with Crippen LogP contribution in [-0.2, 0) is 10.8 Å². The van der Waals surface area contributed by atoms with E-state index in [9.17, 15) is 9.32 Å². The van der Waals surface area contributed by atoms with Gasteiger partial charge >= 0.3 is 0 Å². The maximum absolute atomic E-state index is 12.8. The molecule has 0 heterocycles. The zero-order chi connectivity index (χ0) is 16.0. The average Bonchev–Trinajstić information content (AvgIpc) is 2.57. The monoisotopic (exact) mass is 308 g/mol. The third-order valence-corrected chi connectivity index (χ3v) is 5.07. The van der Waals surface area contributed by atoms with E-state index in [0.29, 0.717) is 0 Å². The number of benzene rings is 2. The van der Waals surface area contributed by atoms with Gasteiger partial charge in [0.25, 0.3) is 0 Å². The molecule has 22 heavy (non-hydrogen) atoms. The highest BCUT2D eigenvalue weighted by atomic mass is 32.2. The summed E-state index contributed by atoms with van der Waals surface area (Å²) < 4.78 is 12.8. The smallest absolute Gasteiger partial charge is 0.198 e. The minimum absolute atomic E-state index is 0.172. The lowest BCUT2D eigenvalue weighted by atomic mass is 10.0. The third-order valence-electron chi connectivity index (χ3n) is 3.30. The first-order chi connectivity index (χ1) is 10.6. The fourth-order valence-electron chi connectivity index (χ4n) is 2.17. The summed E-state index contributed by atoms with van der Waals surface area (Å²) in [6, 6.07) is 18.9. The standard InChI is InChI=1S/C19H16O2S/c1-3-19(20,4-2)15-22(21)18(16-11-7-5-8-12-16)17-13-9-6-10-14-17/h1-2,5-14,18,20H,15H2. The van der Waals surface area contributed by atoms with Gasteiger partial charge in [-0.05, 0) is 11.1 Å². The maximum atomic E-state index is 12.8. The van der Waals surface area contributed by atoms with Crippen LogP contribution in [0.1, 0.15) is 16.4 Å². The topological polar surface area (TPSA) is 37.3 Å². The molecule has 3 heteroatoms. The summed E-state index contributed by atoms with van der Waals surface area (Å²) in [5, 5.41) is 9.68. The van der Waals surface area contributed by atoms with Crippen LogP contribution in [0, 0.1) is 24.7 Å². The molecule has 1 N–H and O–H groups in total. The van der Waals surface area contributed by atoms with Gasteiger partial charge in [-0.2, -0.15) is 0 Å². The highest BCUT2D eigenvalue weighted by Gasteiger charge is 2.30. The van der Waals surface area contributed by atoms with Gasteiger partial charge < -0.3 is 5.11 Å². The molecular formula is C19H16O2S. The molecular weight excluding hydrogens is 292 g/mol. The number of hydrogen-bond acceptors (Lipinski definition) is 2. The SMILES string of the molecule is C#CC(O)(C#C)CS(=O)C(c1ccccc1)c1ccccc1. The molecule has 0 radical (unpaired) electrons. The van der Waals surface area contributed by atoms with Crippen LogP contribution in [0.5, 0.6) is 0 Å². The average molecular weight is 308 g/mol. The first-order valence-corrected chi connectivity index (χ1v) is 8.13. The van der Waals surface area contributed by atoms with E-state index < -0.39 is 21.7 Å². The van der Waals surface area contributed by atoms with Gasteiger partial charge in [0.05, 0.1) is 11.0 Å². The van der Waals surface area contributed by atoms with Gasteiger partial charge in [-0.1, -0.05) is 72.5 Å². The first-order valence-electron chi connectivity index (χ1n) is 6.74. The van der Waals surface area contributed by atoms with Crippen molar-refractivity contribution in [3.05, 3.63) is 71.8 Å². The molecule has 0 aliphatic rings. The summed E-state index contributed by atoms with van der Waals surface area (Å²) in [6.45, 7) is 0. The van der Waals surface area contributed by atoms with Gasteiger partial charge in [-0.3, -0.25) is 4.21 Å². The number of hydrogen-bond donors (Lipinski definition) is 1. The predicted molar refractivity (Wildman–Crippen MR) is 90.4 cm³/mol. The zero-order valence-electron chi connectivity index (χ0n) is 12.0. The Balaban J connectivity index is 2.41. The molecule has 0 spiro atoms. The fraction of sp³-hybridized carbons (Fsp3) is 0.158. The Morgan fingerprint density at radius 1 is 0.955 bits per heavy atom. The summed E-state index contributed by atoms with van der Waals surface area (Å²) in [4.78, 5) is 0. The van der Waals surface area contributed by atoms with E-state index in [0.717, 1.165) is 11.1 Å². The van der Waals surface area contributed by atoms with Crippen LogP contribution >= 0.6 is 0 Å². The minimum atomic E-state index is -1.80. The molecule has 110 valence electrons. The van der Waals surface area contributed by atoms with Gasteiger partial charge in [0, 0.05) is 10.8 Å². The van der Waals surface area contributed by atoms with E-state index in [4.69, 9.17) is 12.8 Å². The Kier molecular flexibility index (Phi) is 5.17. The number of aliphatic hydroxyl groups is 1. The van der Waals surface area contributed by atoms with Crippen LogP contribution in [0.15, 0.2) is 60.7 Å². The molecule has 2 aromatic carbocycles. The molecule has 0 fully saturated rings. The van der Waals surface area contributed by atoms with Crippen molar-refractivity contribution in [2.75, 3.05) is 5.75 Å². The van der Waals surface area contributed by atoms with Gasteiger partial charge in [-0.25, -0.2) is 0 Å². The van der Waals surface area contributed by atoms with Crippen molar-refractivity contribution in [3.63, 3.8) is 0 Å². The lowest BCUT2D eigenvalue weighted by Crippen LogP contribution is -2.33. The van der Waals surface area contributed by atoms with E-state index in [2.05, 4.69) is 11.8 Å². The largest absolute Gasteiger partial charge is 0.366 e. The van der Waals surface area contributed by atoms with Crippen molar-refractivity contribution in [1.29, 1.82) is 0 Å². The van der Waals surface area contributed by atoms with Gasteiger partial charge in [0.2, 0.25) is 0 Å². The van der Waals surface area contributed by atoms with E-state index >= 15 is 0 Å². The molecule has 0 aliphatic carbocycles. The molecule has 0 aliphatic heterocycles. The Hall–Kier alpha value is -2.33. The molecule has 0 bridgehead atoms. The summed E-state index contributed by atoms with van der Waals surface area (Å²) in [5.41, 5.74) is -0.0148. The van der Waals surface area contributed by atoms with Crippen LogP contribution in [0.2, 0.25) is 0 Å². The molecule has 0 saturated heterocycles. The maximum Gasteiger partial charge on any atom is 0.198 e. The number of terminal acetylenes is 2. The van der Waals surface area contributed by atoms with E-state index in [1.807, 2.05) is 60.7 Å². The molecule has 1 atom stereocenters. The second-order valence-corrected chi connectivity index (χ2v) is 6.40. The van der Waals surface area contributed by atoms with Crippen molar-refractivity contribution < 1.29 is 9.32 Å². The Morgan fingerprint density at radius 3 is 1.73 bits per heavy atom. The molecule has 0 amide bonds. The van der Waals surface area contributed by atoms with Crippen molar-refractivity contribution in [3.8, 4) is 24.7 Å². The van der Waals surface area contributed by atoms with Crippen LogP contribution in [0.25, 0.3) is 0 Å². The minimum Gasteiger partial charge on any atom is -0.366 e. The molecule has 0 aromatic heterocycles. The van der Waals surface area contributed by atoms with Crippen molar-refractivity contribution in [1.82, 2.24) is 0 Å². The molecule has 2 rings (SSSR count). The zero-order valence-corrected chi connectivity index (χ0v) is 12.8. The van der Waals surface area contributed by atoms with Gasteiger partial charge in [0.1, 0.15) is 0 Å². The highest BCUT2D eigenvalue weighted by molar-refractivity contribution is 7.85. The quantitative estimate of drug-likeness (QED) is 0.862. The highest BCUT2D eigenvalue weighted by Crippen LogP contribution is 2.29. The summed E-state index contributed by atoms with van der Waals surface area (Å²) >= 11 is 0. The normalized spacial score (nSPS) is 12.4. The second kappa shape index (κ2) is 7.09. The molecule has 2 nitrogen and oxygen atoms in total. The van der Waals surface area contributed by atoms with Crippen molar-refractivity contribution >= 4 is 10.8 Å². The van der Waals surface area contributed by atoms with Gasteiger partial charge in [-0.15, -0.1) is 12.8 Å². The fourth-order valence-corrected chi connectivity index (χ4v) is 3.83. The van der Waals surface area contributed by atoms with Crippen LogP contribution < -0.4 is 0 Å². The van der Waals surface area contributed by atoms with Crippen LogP contribution in [-0.4, -0.2) is 20.7 Å². The lowest BCUT2D eigenvalue weighted by Gasteiger charge is -2.21. The third kappa shape index (κ3) is 3.65. The second-order valence-electron chi connectivity index (χ2n) is 4.88. The first kappa shape index (κ1) is 16.0. The summed E-state index contributed by atoms with van der Waals surface area (Å²) in [6.07, 6.45) is 10.5. The van der Waals surface area contributed by atoms with Crippen molar-refractivity contribution in [2.45, 2.75) is 10.9 Å². The van der Waals surface area contributed by atoms with Crippen LogP contribution in [0.4, 0.5) is 0 Å². The van der Waals surface area contributed by atoms with E-state index in [1.165, 1.54) is 0 Å². The Morgan fingerprint density at radius 2 is 1.36 bits per heavy atom. The van der Waals surface area contributed by atoms with Crippen LogP contribution in [0.3, 0.4) is 0 Å². The van der Waals surface area contributed by atoms with E-state index in [1.54, 1.807) is 0 Å². The van der Waals surface area contributed by atoms with Gasteiger partial charge in [0.15, 0.2) is 5.60 Å². The summed E-state index contributed by atoms with van der Waals surface area (Å²) in [5.74, 6) is 4.11. The Bertz CT molecular complexity index is 670.